The first-order valence-corrected chi connectivity index (χ1v) is 11.6. The van der Waals surface area contributed by atoms with Gasteiger partial charge in [0.25, 0.3) is 11.8 Å². The molecule has 0 unspecified atom stereocenters. The molecule has 1 N–H and O–H groups in total. The third-order valence-electron chi connectivity index (χ3n) is 6.10. The van der Waals surface area contributed by atoms with Gasteiger partial charge in [-0.15, -0.1) is 13.2 Å². The number of hydrogen-bond acceptors (Lipinski definition) is 3. The molecule has 5 nitrogen and oxygen atoms in total. The summed E-state index contributed by atoms with van der Waals surface area (Å²) in [6, 6.07) is 27.2. The molecule has 8 heteroatoms. The second kappa shape index (κ2) is 9.81. The Morgan fingerprint density at radius 1 is 0.784 bits per heavy atom. The van der Waals surface area contributed by atoms with E-state index in [0.29, 0.717) is 24.2 Å². The molecule has 0 saturated carbocycles. The highest BCUT2D eigenvalue weighted by Crippen LogP contribution is 2.37. The molecule has 186 valence electrons. The van der Waals surface area contributed by atoms with Crippen molar-refractivity contribution in [2.45, 2.75) is 12.8 Å². The summed E-state index contributed by atoms with van der Waals surface area (Å²) in [7, 11) is 0. The van der Waals surface area contributed by atoms with Crippen molar-refractivity contribution in [1.82, 2.24) is 0 Å². The van der Waals surface area contributed by atoms with E-state index in [9.17, 15) is 22.8 Å². The van der Waals surface area contributed by atoms with Crippen molar-refractivity contribution in [3.05, 3.63) is 114 Å². The molecule has 0 radical (unpaired) electrons. The van der Waals surface area contributed by atoms with Crippen molar-refractivity contribution < 1.29 is 27.5 Å². The van der Waals surface area contributed by atoms with Crippen LogP contribution in [0, 0.1) is 0 Å². The van der Waals surface area contributed by atoms with Crippen molar-refractivity contribution in [3.63, 3.8) is 0 Å². The fourth-order valence-electron chi connectivity index (χ4n) is 4.42. The zero-order chi connectivity index (χ0) is 26.0. The van der Waals surface area contributed by atoms with Gasteiger partial charge in [0.1, 0.15) is 5.75 Å². The van der Waals surface area contributed by atoms with Gasteiger partial charge in [-0.05, 0) is 60.0 Å². The molecule has 5 rings (SSSR count). The molecule has 0 saturated heterocycles. The Balaban J connectivity index is 1.35. The van der Waals surface area contributed by atoms with E-state index in [4.69, 9.17) is 0 Å². The lowest BCUT2D eigenvalue weighted by Gasteiger charge is -2.23. The number of benzene rings is 4. The number of para-hydroxylation sites is 2. The Kier molecular flexibility index (Phi) is 6.40. The minimum Gasteiger partial charge on any atom is -0.405 e. The number of hydrogen-bond donors (Lipinski definition) is 1. The van der Waals surface area contributed by atoms with Crippen molar-refractivity contribution in [2.24, 2.45) is 0 Å². The normalized spacial score (nSPS) is 12.7. The van der Waals surface area contributed by atoms with Crippen LogP contribution in [0.1, 0.15) is 26.3 Å². The van der Waals surface area contributed by atoms with E-state index in [2.05, 4.69) is 22.2 Å². The van der Waals surface area contributed by atoms with Crippen LogP contribution in [-0.4, -0.2) is 24.7 Å². The summed E-state index contributed by atoms with van der Waals surface area (Å²) in [6.45, 7) is 0.501. The third kappa shape index (κ3) is 5.18. The lowest BCUT2D eigenvalue weighted by molar-refractivity contribution is -0.274. The van der Waals surface area contributed by atoms with Crippen molar-refractivity contribution in [2.75, 3.05) is 16.8 Å². The highest BCUT2D eigenvalue weighted by molar-refractivity contribution is 6.09. The predicted molar refractivity (Wildman–Crippen MR) is 135 cm³/mol. The van der Waals surface area contributed by atoms with E-state index >= 15 is 0 Å². The van der Waals surface area contributed by atoms with Gasteiger partial charge in [-0.1, -0.05) is 54.6 Å². The monoisotopic (exact) mass is 502 g/mol. The number of rotatable bonds is 4. The minimum absolute atomic E-state index is 0.193. The molecule has 0 spiro atoms. The molecule has 0 atom stereocenters. The molecule has 1 heterocycles. The van der Waals surface area contributed by atoms with Crippen LogP contribution in [0.15, 0.2) is 97.1 Å². The van der Waals surface area contributed by atoms with Gasteiger partial charge in [0, 0.05) is 23.4 Å². The van der Waals surface area contributed by atoms with Gasteiger partial charge in [-0.3, -0.25) is 9.59 Å². The maximum Gasteiger partial charge on any atom is 0.573 e. The van der Waals surface area contributed by atoms with Crippen LogP contribution in [0.3, 0.4) is 0 Å². The molecular weight excluding hydrogens is 481 g/mol. The lowest BCUT2D eigenvalue weighted by atomic mass is 9.98. The number of nitrogens with zero attached hydrogens (tertiary/aromatic N) is 1. The van der Waals surface area contributed by atoms with Crippen LogP contribution in [-0.2, 0) is 6.42 Å². The van der Waals surface area contributed by atoms with Gasteiger partial charge in [-0.2, -0.15) is 0 Å². The largest absolute Gasteiger partial charge is 0.573 e. The van der Waals surface area contributed by atoms with E-state index in [1.54, 1.807) is 17.0 Å². The molecule has 0 bridgehead atoms. The average molecular weight is 502 g/mol. The van der Waals surface area contributed by atoms with E-state index in [1.807, 2.05) is 36.4 Å². The maximum atomic E-state index is 13.5. The molecule has 0 aliphatic carbocycles. The van der Waals surface area contributed by atoms with Gasteiger partial charge in [-0.25, -0.2) is 0 Å². The summed E-state index contributed by atoms with van der Waals surface area (Å²) in [5.74, 6) is -1.56. The Bertz CT molecular complexity index is 1470. The second-order valence-electron chi connectivity index (χ2n) is 8.46. The number of nitrogens with one attached hydrogen (secondary N) is 1. The zero-order valence-corrected chi connectivity index (χ0v) is 19.5. The zero-order valence-electron chi connectivity index (χ0n) is 19.5. The van der Waals surface area contributed by atoms with Gasteiger partial charge in [0.2, 0.25) is 0 Å². The Morgan fingerprint density at radius 3 is 2.19 bits per heavy atom. The molecule has 1 aliphatic rings. The van der Waals surface area contributed by atoms with Gasteiger partial charge >= 0.3 is 6.36 Å². The standard InChI is InChI=1S/C29H21F3N2O3/c30-29(31,32)37-26-12-6-4-10-24(26)27(35)33-21-15-13-20(14-16-21)28(36)34-18-17-19-7-1-2-8-22(19)23-9-3-5-11-25(23)34/h1-16H,17-18H2,(H,33,35). The first-order chi connectivity index (χ1) is 17.8. The number of carbonyl (C=O) groups is 2. The van der Waals surface area contributed by atoms with Crippen molar-refractivity contribution in [1.29, 1.82) is 0 Å². The fourth-order valence-corrected chi connectivity index (χ4v) is 4.42. The average Bonchev–Trinajstić information content (AvgIpc) is 3.05. The summed E-state index contributed by atoms with van der Waals surface area (Å²) < 4.78 is 42.0. The van der Waals surface area contributed by atoms with E-state index < -0.39 is 18.0 Å². The first-order valence-electron chi connectivity index (χ1n) is 11.6. The summed E-state index contributed by atoms with van der Waals surface area (Å²) in [4.78, 5) is 27.9. The molecular formula is C29H21F3N2O3. The number of ether oxygens (including phenoxy) is 1. The molecule has 37 heavy (non-hydrogen) atoms. The summed E-state index contributed by atoms with van der Waals surface area (Å²) in [5, 5.41) is 2.56. The van der Waals surface area contributed by atoms with E-state index in [-0.39, 0.29) is 11.5 Å². The van der Waals surface area contributed by atoms with Gasteiger partial charge in [0.15, 0.2) is 0 Å². The molecule has 1 aliphatic heterocycles. The van der Waals surface area contributed by atoms with E-state index in [1.165, 1.54) is 30.3 Å². The van der Waals surface area contributed by atoms with Crippen molar-refractivity contribution >= 4 is 23.2 Å². The molecule has 2 amide bonds. The van der Waals surface area contributed by atoms with Crippen LogP contribution >= 0.6 is 0 Å². The quantitative estimate of drug-likeness (QED) is 0.338. The second-order valence-corrected chi connectivity index (χ2v) is 8.46. The van der Waals surface area contributed by atoms with E-state index in [0.717, 1.165) is 28.4 Å². The Hall–Kier alpha value is -4.59. The third-order valence-corrected chi connectivity index (χ3v) is 6.10. The van der Waals surface area contributed by atoms with Crippen LogP contribution in [0.25, 0.3) is 11.1 Å². The van der Waals surface area contributed by atoms with Crippen molar-refractivity contribution in [3.8, 4) is 16.9 Å². The van der Waals surface area contributed by atoms with Crippen LogP contribution < -0.4 is 15.0 Å². The van der Waals surface area contributed by atoms with Crippen LogP contribution in [0.4, 0.5) is 24.5 Å². The summed E-state index contributed by atoms with van der Waals surface area (Å²) in [5.41, 5.74) is 4.54. The maximum absolute atomic E-state index is 13.5. The first kappa shape index (κ1) is 24.1. The van der Waals surface area contributed by atoms with Crippen LogP contribution in [0.2, 0.25) is 0 Å². The van der Waals surface area contributed by atoms with Crippen LogP contribution in [0.5, 0.6) is 5.75 Å². The number of amides is 2. The number of alkyl halides is 3. The fraction of sp³-hybridized carbons (Fsp3) is 0.103. The molecule has 4 aromatic carbocycles. The minimum atomic E-state index is -4.92. The Labute approximate surface area is 211 Å². The predicted octanol–water partition coefficient (Wildman–Crippen LogP) is 6.71. The highest BCUT2D eigenvalue weighted by Gasteiger charge is 2.33. The number of fused-ring (bicyclic) bond motifs is 3. The number of halogens is 3. The molecule has 0 aromatic heterocycles. The summed E-state index contributed by atoms with van der Waals surface area (Å²) in [6.07, 6.45) is -4.23. The summed E-state index contributed by atoms with van der Waals surface area (Å²) >= 11 is 0. The lowest BCUT2D eigenvalue weighted by Crippen LogP contribution is -2.32. The topological polar surface area (TPSA) is 58.6 Å². The number of carbonyl (C=O) groups excluding carboxylic acids is 2. The molecule has 0 fully saturated rings. The highest BCUT2D eigenvalue weighted by atomic mass is 19.4. The SMILES string of the molecule is O=C(Nc1ccc(C(=O)N2CCc3ccccc3-c3ccccc32)cc1)c1ccccc1OC(F)(F)F. The Morgan fingerprint density at radius 2 is 1.43 bits per heavy atom. The smallest absolute Gasteiger partial charge is 0.405 e. The van der Waals surface area contributed by atoms with Gasteiger partial charge in [0.05, 0.1) is 11.3 Å². The van der Waals surface area contributed by atoms with Gasteiger partial charge < -0.3 is 15.0 Å². The number of anilines is 2. The molecule has 4 aromatic rings.